The summed E-state index contributed by atoms with van der Waals surface area (Å²) in [5, 5.41) is 0. The highest BCUT2D eigenvalue weighted by molar-refractivity contribution is 5.81. The number of hydrogen-bond acceptors (Lipinski definition) is 3. The summed E-state index contributed by atoms with van der Waals surface area (Å²) in [4.78, 5) is 10.5. The summed E-state index contributed by atoms with van der Waals surface area (Å²) < 4.78 is 9.66. The Morgan fingerprint density at radius 2 is 2.36 bits per heavy atom. The Morgan fingerprint density at radius 1 is 1.73 bits per heavy atom. The van der Waals surface area contributed by atoms with Gasteiger partial charge in [-0.15, -0.1) is 0 Å². The number of carbonyl (C=O) groups is 1. The van der Waals surface area contributed by atoms with Gasteiger partial charge in [-0.3, -0.25) is 0 Å². The first kappa shape index (κ1) is 10.2. The van der Waals surface area contributed by atoms with Crippen LogP contribution in [-0.2, 0) is 14.3 Å². The van der Waals surface area contributed by atoms with E-state index in [2.05, 4.69) is 11.3 Å². The second-order valence-electron chi connectivity index (χ2n) is 2.17. The highest BCUT2D eigenvalue weighted by atomic mass is 16.7. The van der Waals surface area contributed by atoms with E-state index >= 15 is 0 Å². The predicted octanol–water partition coefficient (Wildman–Crippen LogP) is 1.49. The molecule has 0 aromatic heterocycles. The molecule has 0 aromatic carbocycles. The second-order valence-corrected chi connectivity index (χ2v) is 2.17. The summed E-state index contributed by atoms with van der Waals surface area (Å²) in [5.74, 6) is -0.451. The van der Waals surface area contributed by atoms with E-state index in [4.69, 9.17) is 4.74 Å². The molecule has 0 aliphatic carbocycles. The summed E-state index contributed by atoms with van der Waals surface area (Å²) >= 11 is 0. The summed E-state index contributed by atoms with van der Waals surface area (Å²) in [6, 6.07) is 0. The van der Waals surface area contributed by atoms with E-state index in [-0.39, 0.29) is 12.9 Å². The van der Waals surface area contributed by atoms with Crippen molar-refractivity contribution in [1.82, 2.24) is 0 Å². The van der Waals surface area contributed by atoms with Crippen molar-refractivity contribution < 1.29 is 14.3 Å². The lowest BCUT2D eigenvalue weighted by atomic mass is 10.3. The average Bonchev–Trinajstić information content (AvgIpc) is 2.04. The van der Waals surface area contributed by atoms with Crippen molar-refractivity contribution in [1.29, 1.82) is 0 Å². The molecule has 0 aliphatic rings. The van der Waals surface area contributed by atoms with E-state index in [1.165, 1.54) is 0 Å². The van der Waals surface area contributed by atoms with Gasteiger partial charge in [-0.2, -0.15) is 0 Å². The van der Waals surface area contributed by atoms with Crippen LogP contribution in [0.3, 0.4) is 0 Å². The van der Waals surface area contributed by atoms with Crippen LogP contribution < -0.4 is 0 Å². The number of esters is 1. The molecule has 3 nitrogen and oxygen atoms in total. The smallest absolute Gasteiger partial charge is 0.332 e. The van der Waals surface area contributed by atoms with Gasteiger partial charge in [0.25, 0.3) is 0 Å². The van der Waals surface area contributed by atoms with Gasteiger partial charge in [0.2, 0.25) is 0 Å². The summed E-state index contributed by atoms with van der Waals surface area (Å²) in [6.07, 6.45) is 2.15. The number of carbonyl (C=O) groups excluding carboxylic acids is 1. The van der Waals surface area contributed by atoms with Gasteiger partial charge in [0, 0.05) is 6.08 Å². The molecule has 0 spiro atoms. The Kier molecular flexibility index (Phi) is 5.47. The van der Waals surface area contributed by atoms with Crippen LogP contribution in [0.15, 0.2) is 12.7 Å². The second kappa shape index (κ2) is 5.92. The van der Waals surface area contributed by atoms with Crippen LogP contribution >= 0.6 is 0 Å². The molecule has 0 N–H and O–H groups in total. The SMILES string of the molecule is C=CC(=O)OCOC(C)CC. The monoisotopic (exact) mass is 158 g/mol. The first-order valence-electron chi connectivity index (χ1n) is 3.61. The third-order valence-electron chi connectivity index (χ3n) is 1.30. The standard InChI is InChI=1S/C8H14O3/c1-4-7(3)10-6-11-8(9)5-2/h5,7H,2,4,6H2,1,3H3. The Hall–Kier alpha value is -0.830. The Bertz CT molecular complexity index is 131. The summed E-state index contributed by atoms with van der Waals surface area (Å²) in [6.45, 7) is 7.18. The average molecular weight is 158 g/mol. The topological polar surface area (TPSA) is 35.5 Å². The van der Waals surface area contributed by atoms with Crippen LogP contribution in [0, 0.1) is 0 Å². The zero-order chi connectivity index (χ0) is 8.69. The lowest BCUT2D eigenvalue weighted by Crippen LogP contribution is -2.12. The lowest BCUT2D eigenvalue weighted by molar-refractivity contribution is -0.154. The number of ether oxygens (including phenoxy) is 2. The third-order valence-corrected chi connectivity index (χ3v) is 1.30. The van der Waals surface area contributed by atoms with Crippen molar-refractivity contribution in [2.24, 2.45) is 0 Å². The molecular weight excluding hydrogens is 144 g/mol. The molecule has 0 saturated heterocycles. The molecule has 0 saturated carbocycles. The molecule has 0 heterocycles. The van der Waals surface area contributed by atoms with Gasteiger partial charge in [-0.25, -0.2) is 4.79 Å². The first-order chi connectivity index (χ1) is 5.20. The van der Waals surface area contributed by atoms with Gasteiger partial charge in [0.1, 0.15) is 0 Å². The molecule has 1 atom stereocenters. The Morgan fingerprint density at radius 3 is 2.82 bits per heavy atom. The van der Waals surface area contributed by atoms with Gasteiger partial charge in [0.15, 0.2) is 6.79 Å². The lowest BCUT2D eigenvalue weighted by Gasteiger charge is -2.09. The van der Waals surface area contributed by atoms with E-state index in [0.717, 1.165) is 12.5 Å². The van der Waals surface area contributed by atoms with Crippen molar-refractivity contribution in [2.75, 3.05) is 6.79 Å². The maximum Gasteiger partial charge on any atom is 0.332 e. The number of hydrogen-bond donors (Lipinski definition) is 0. The molecule has 0 amide bonds. The summed E-state index contributed by atoms with van der Waals surface area (Å²) in [5.41, 5.74) is 0. The molecule has 0 aromatic rings. The summed E-state index contributed by atoms with van der Waals surface area (Å²) in [7, 11) is 0. The molecule has 0 radical (unpaired) electrons. The van der Waals surface area contributed by atoms with E-state index in [1.807, 2.05) is 13.8 Å². The maximum atomic E-state index is 10.5. The van der Waals surface area contributed by atoms with E-state index in [1.54, 1.807) is 0 Å². The highest BCUT2D eigenvalue weighted by Gasteiger charge is 1.99. The van der Waals surface area contributed by atoms with Gasteiger partial charge in [-0.05, 0) is 13.3 Å². The van der Waals surface area contributed by atoms with Gasteiger partial charge in [0.05, 0.1) is 6.10 Å². The third kappa shape index (κ3) is 5.61. The zero-order valence-corrected chi connectivity index (χ0v) is 7.00. The minimum atomic E-state index is -0.451. The molecule has 0 bridgehead atoms. The van der Waals surface area contributed by atoms with Crippen molar-refractivity contribution in [2.45, 2.75) is 26.4 Å². The number of rotatable bonds is 5. The van der Waals surface area contributed by atoms with Crippen LogP contribution in [0.4, 0.5) is 0 Å². The Labute approximate surface area is 67.0 Å². The van der Waals surface area contributed by atoms with E-state index in [9.17, 15) is 4.79 Å². The first-order valence-corrected chi connectivity index (χ1v) is 3.61. The molecular formula is C8H14O3. The van der Waals surface area contributed by atoms with Crippen LogP contribution in [0.2, 0.25) is 0 Å². The Balaban J connectivity index is 3.26. The van der Waals surface area contributed by atoms with Crippen LogP contribution in [-0.4, -0.2) is 18.9 Å². The van der Waals surface area contributed by atoms with Crippen molar-refractivity contribution >= 4 is 5.97 Å². The van der Waals surface area contributed by atoms with Gasteiger partial charge in [-0.1, -0.05) is 13.5 Å². The minimum Gasteiger partial charge on any atom is -0.435 e. The van der Waals surface area contributed by atoms with Crippen LogP contribution in [0.5, 0.6) is 0 Å². The fourth-order valence-corrected chi connectivity index (χ4v) is 0.385. The maximum absolute atomic E-state index is 10.5. The van der Waals surface area contributed by atoms with E-state index < -0.39 is 5.97 Å². The quantitative estimate of drug-likeness (QED) is 0.345. The minimum absolute atomic E-state index is 0.0137. The molecule has 11 heavy (non-hydrogen) atoms. The molecule has 0 fully saturated rings. The highest BCUT2D eigenvalue weighted by Crippen LogP contribution is 1.95. The zero-order valence-electron chi connectivity index (χ0n) is 7.00. The fraction of sp³-hybridized carbons (Fsp3) is 0.625. The van der Waals surface area contributed by atoms with Crippen LogP contribution in [0.1, 0.15) is 20.3 Å². The van der Waals surface area contributed by atoms with Gasteiger partial charge >= 0.3 is 5.97 Å². The normalized spacial score (nSPS) is 12.2. The molecule has 64 valence electrons. The molecule has 3 heteroatoms. The van der Waals surface area contributed by atoms with Gasteiger partial charge < -0.3 is 9.47 Å². The molecule has 1 unspecified atom stereocenters. The molecule has 0 rings (SSSR count). The predicted molar refractivity (Wildman–Crippen MR) is 42.0 cm³/mol. The van der Waals surface area contributed by atoms with Crippen LogP contribution in [0.25, 0.3) is 0 Å². The van der Waals surface area contributed by atoms with Crippen molar-refractivity contribution in [3.63, 3.8) is 0 Å². The van der Waals surface area contributed by atoms with E-state index in [0.29, 0.717) is 0 Å². The largest absolute Gasteiger partial charge is 0.435 e. The van der Waals surface area contributed by atoms with Crippen molar-refractivity contribution in [3.05, 3.63) is 12.7 Å². The van der Waals surface area contributed by atoms with Crippen molar-refractivity contribution in [3.8, 4) is 0 Å². The molecule has 0 aliphatic heterocycles. The fourth-order valence-electron chi connectivity index (χ4n) is 0.385.